The van der Waals surface area contributed by atoms with Crippen LogP contribution in [0.4, 0.5) is 0 Å². The van der Waals surface area contributed by atoms with Crippen LogP contribution in [-0.2, 0) is 9.53 Å². The summed E-state index contributed by atoms with van der Waals surface area (Å²) in [5.74, 6) is 1.32. The summed E-state index contributed by atoms with van der Waals surface area (Å²) in [6.07, 6.45) is 4.70. The molecular weight excluding hydrogens is 218 g/mol. The summed E-state index contributed by atoms with van der Waals surface area (Å²) in [6.45, 7) is 2.70. The molecule has 0 saturated heterocycles. The number of nitrogens with one attached hydrogen (secondary N) is 1. The van der Waals surface area contributed by atoms with Crippen molar-refractivity contribution in [2.45, 2.75) is 45.1 Å². The van der Waals surface area contributed by atoms with Gasteiger partial charge in [0.05, 0.1) is 12.2 Å². The van der Waals surface area contributed by atoms with Crippen LogP contribution in [0.1, 0.15) is 39.0 Å². The summed E-state index contributed by atoms with van der Waals surface area (Å²) < 4.78 is 5.40. The molecule has 1 atom stereocenters. The molecular formula is C13H21NO3. The standard InChI is InChI=1S/C13H21NO3/c1-9-11(3-2-8-17-9)13(16)14-12(6-7-15)10-4-5-10/h10,12,15H,2-8H2,1H3,(H,14,16). The smallest absolute Gasteiger partial charge is 0.250 e. The maximum Gasteiger partial charge on any atom is 0.250 e. The second-order valence-electron chi connectivity index (χ2n) is 4.92. The third kappa shape index (κ3) is 3.22. The number of rotatable bonds is 5. The van der Waals surface area contributed by atoms with Crippen molar-refractivity contribution in [2.24, 2.45) is 5.92 Å². The molecule has 1 heterocycles. The van der Waals surface area contributed by atoms with E-state index in [4.69, 9.17) is 9.84 Å². The lowest BCUT2D eigenvalue weighted by molar-refractivity contribution is -0.119. The third-order valence-corrected chi connectivity index (χ3v) is 3.54. The molecule has 1 saturated carbocycles. The maximum absolute atomic E-state index is 12.1. The van der Waals surface area contributed by atoms with E-state index in [0.717, 1.165) is 24.2 Å². The zero-order chi connectivity index (χ0) is 12.3. The molecule has 0 bridgehead atoms. The van der Waals surface area contributed by atoms with Crippen molar-refractivity contribution < 1.29 is 14.6 Å². The van der Waals surface area contributed by atoms with Gasteiger partial charge in [0.15, 0.2) is 0 Å². The molecule has 17 heavy (non-hydrogen) atoms. The molecule has 4 heteroatoms. The number of aliphatic hydroxyl groups is 1. The van der Waals surface area contributed by atoms with Crippen LogP contribution >= 0.6 is 0 Å². The largest absolute Gasteiger partial charge is 0.498 e. The Kier molecular flexibility index (Phi) is 4.05. The van der Waals surface area contributed by atoms with Crippen molar-refractivity contribution in [2.75, 3.05) is 13.2 Å². The molecule has 1 unspecified atom stereocenters. The Morgan fingerprint density at radius 3 is 2.94 bits per heavy atom. The van der Waals surface area contributed by atoms with Crippen molar-refractivity contribution in [1.82, 2.24) is 5.32 Å². The fourth-order valence-corrected chi connectivity index (χ4v) is 2.33. The number of ether oxygens (including phenoxy) is 1. The van der Waals surface area contributed by atoms with Crippen molar-refractivity contribution in [1.29, 1.82) is 0 Å². The van der Waals surface area contributed by atoms with Gasteiger partial charge >= 0.3 is 0 Å². The maximum atomic E-state index is 12.1. The summed E-state index contributed by atoms with van der Waals surface area (Å²) in [5, 5.41) is 12.0. The second kappa shape index (κ2) is 5.54. The fraction of sp³-hybridized carbons (Fsp3) is 0.769. The van der Waals surface area contributed by atoms with Crippen molar-refractivity contribution >= 4 is 5.91 Å². The molecule has 2 aliphatic rings. The first kappa shape index (κ1) is 12.4. The minimum absolute atomic E-state index is 0.00690. The van der Waals surface area contributed by atoms with Crippen LogP contribution in [0.25, 0.3) is 0 Å². The first-order chi connectivity index (χ1) is 8.22. The van der Waals surface area contributed by atoms with E-state index < -0.39 is 0 Å². The van der Waals surface area contributed by atoms with Crippen LogP contribution < -0.4 is 5.32 Å². The molecule has 4 nitrogen and oxygen atoms in total. The fourth-order valence-electron chi connectivity index (χ4n) is 2.33. The van der Waals surface area contributed by atoms with E-state index in [1.54, 1.807) is 0 Å². The molecule has 1 aliphatic carbocycles. The zero-order valence-corrected chi connectivity index (χ0v) is 10.4. The molecule has 2 N–H and O–H groups in total. The van der Waals surface area contributed by atoms with Crippen LogP contribution in [0.5, 0.6) is 0 Å². The van der Waals surface area contributed by atoms with Crippen LogP contribution in [0.2, 0.25) is 0 Å². The highest BCUT2D eigenvalue weighted by atomic mass is 16.5. The highest BCUT2D eigenvalue weighted by molar-refractivity contribution is 5.94. The van der Waals surface area contributed by atoms with Crippen LogP contribution in [0, 0.1) is 5.92 Å². The first-order valence-corrected chi connectivity index (χ1v) is 6.46. The van der Waals surface area contributed by atoms with Gasteiger partial charge in [-0.05, 0) is 44.9 Å². The molecule has 0 aromatic heterocycles. The number of aliphatic hydroxyl groups excluding tert-OH is 1. The van der Waals surface area contributed by atoms with Crippen LogP contribution in [0.3, 0.4) is 0 Å². The SMILES string of the molecule is CC1=C(C(=O)NC(CCO)C2CC2)CCCO1. The summed E-state index contributed by atoms with van der Waals surface area (Å²) in [5.41, 5.74) is 0.778. The quantitative estimate of drug-likeness (QED) is 0.761. The average molecular weight is 239 g/mol. The summed E-state index contributed by atoms with van der Waals surface area (Å²) in [7, 11) is 0. The number of carbonyl (C=O) groups excluding carboxylic acids is 1. The van der Waals surface area contributed by atoms with Gasteiger partial charge in [0.2, 0.25) is 0 Å². The zero-order valence-electron chi connectivity index (χ0n) is 10.4. The van der Waals surface area contributed by atoms with E-state index in [1.807, 2.05) is 6.92 Å². The van der Waals surface area contributed by atoms with E-state index >= 15 is 0 Å². The van der Waals surface area contributed by atoms with Crippen molar-refractivity contribution in [3.8, 4) is 0 Å². The van der Waals surface area contributed by atoms with Gasteiger partial charge in [0.1, 0.15) is 5.76 Å². The Labute approximate surface area is 102 Å². The Hall–Kier alpha value is -1.03. The molecule has 0 spiro atoms. The van der Waals surface area contributed by atoms with Gasteiger partial charge in [-0.15, -0.1) is 0 Å². The number of allylic oxidation sites excluding steroid dienone is 1. The van der Waals surface area contributed by atoms with Gasteiger partial charge in [0.25, 0.3) is 5.91 Å². The highest BCUT2D eigenvalue weighted by Crippen LogP contribution is 2.34. The van der Waals surface area contributed by atoms with E-state index in [1.165, 1.54) is 12.8 Å². The number of hydrogen-bond donors (Lipinski definition) is 2. The minimum atomic E-state index is -0.00690. The molecule has 1 fully saturated rings. The Bertz CT molecular complexity index is 321. The molecule has 0 radical (unpaired) electrons. The van der Waals surface area contributed by atoms with Gasteiger partial charge in [-0.1, -0.05) is 0 Å². The minimum Gasteiger partial charge on any atom is -0.498 e. The molecule has 0 aromatic carbocycles. The van der Waals surface area contributed by atoms with Crippen molar-refractivity contribution in [3.63, 3.8) is 0 Å². The van der Waals surface area contributed by atoms with Gasteiger partial charge in [-0.2, -0.15) is 0 Å². The number of hydrogen-bond acceptors (Lipinski definition) is 3. The van der Waals surface area contributed by atoms with E-state index in [-0.39, 0.29) is 18.6 Å². The Morgan fingerprint density at radius 2 is 2.35 bits per heavy atom. The predicted octanol–water partition coefficient (Wildman–Crippen LogP) is 1.35. The van der Waals surface area contributed by atoms with Crippen molar-refractivity contribution in [3.05, 3.63) is 11.3 Å². The molecule has 0 aromatic rings. The lowest BCUT2D eigenvalue weighted by Crippen LogP contribution is -2.38. The van der Waals surface area contributed by atoms with Gasteiger partial charge in [0, 0.05) is 12.6 Å². The summed E-state index contributed by atoms with van der Waals surface area (Å²) in [6, 6.07) is 0.134. The number of carbonyl (C=O) groups is 1. The van der Waals surface area contributed by atoms with Gasteiger partial charge in [-0.25, -0.2) is 0 Å². The first-order valence-electron chi connectivity index (χ1n) is 6.46. The highest BCUT2D eigenvalue weighted by Gasteiger charge is 2.32. The average Bonchev–Trinajstić information content (AvgIpc) is 3.12. The molecule has 1 aliphatic heterocycles. The molecule has 96 valence electrons. The van der Waals surface area contributed by atoms with Crippen LogP contribution in [-0.4, -0.2) is 30.3 Å². The summed E-state index contributed by atoms with van der Waals surface area (Å²) in [4.78, 5) is 12.1. The van der Waals surface area contributed by atoms with Gasteiger partial charge < -0.3 is 15.2 Å². The lowest BCUT2D eigenvalue weighted by atomic mass is 10.0. The number of amides is 1. The van der Waals surface area contributed by atoms with Gasteiger partial charge in [-0.3, -0.25) is 4.79 Å². The van der Waals surface area contributed by atoms with E-state index in [2.05, 4.69) is 5.32 Å². The molecule has 1 amide bonds. The van der Waals surface area contributed by atoms with Crippen LogP contribution in [0.15, 0.2) is 11.3 Å². The normalized spacial score (nSPS) is 22.0. The van der Waals surface area contributed by atoms with E-state index in [9.17, 15) is 4.79 Å². The third-order valence-electron chi connectivity index (χ3n) is 3.54. The van der Waals surface area contributed by atoms with E-state index in [0.29, 0.717) is 18.9 Å². The predicted molar refractivity (Wildman–Crippen MR) is 64.2 cm³/mol. The molecule has 2 rings (SSSR count). The Balaban J connectivity index is 1.94. The second-order valence-corrected chi connectivity index (χ2v) is 4.92. The Morgan fingerprint density at radius 1 is 1.59 bits per heavy atom. The topological polar surface area (TPSA) is 58.6 Å². The monoisotopic (exact) mass is 239 g/mol. The lowest BCUT2D eigenvalue weighted by Gasteiger charge is -2.22. The summed E-state index contributed by atoms with van der Waals surface area (Å²) >= 11 is 0.